The number of ether oxygens (including phenoxy) is 1. The fourth-order valence-electron chi connectivity index (χ4n) is 2.89. The van der Waals surface area contributed by atoms with Gasteiger partial charge in [0.2, 0.25) is 5.91 Å². The first kappa shape index (κ1) is 18.3. The van der Waals surface area contributed by atoms with Gasteiger partial charge < -0.3 is 10.1 Å². The normalized spacial score (nSPS) is 16.6. The molecule has 0 aliphatic carbocycles. The van der Waals surface area contributed by atoms with Crippen LogP contribution in [0.3, 0.4) is 0 Å². The molecule has 1 aromatic heterocycles. The summed E-state index contributed by atoms with van der Waals surface area (Å²) in [6, 6.07) is 8.98. The maximum Gasteiger partial charge on any atom is 0.266 e. The number of carbonyl (C=O) groups excluding carboxylic acids is 1. The van der Waals surface area contributed by atoms with E-state index in [1.165, 1.54) is 22.9 Å². The van der Waals surface area contributed by atoms with Crippen molar-refractivity contribution in [2.75, 3.05) is 13.2 Å². The van der Waals surface area contributed by atoms with Gasteiger partial charge in [-0.2, -0.15) is 5.10 Å². The topological polar surface area (TPSA) is 73.2 Å². The van der Waals surface area contributed by atoms with Gasteiger partial charge >= 0.3 is 0 Å². The van der Waals surface area contributed by atoms with Gasteiger partial charge in [0, 0.05) is 37.7 Å². The monoisotopic (exact) mass is 359 g/mol. The van der Waals surface area contributed by atoms with Crippen LogP contribution in [0.4, 0.5) is 4.39 Å². The van der Waals surface area contributed by atoms with E-state index < -0.39 is 0 Å². The van der Waals surface area contributed by atoms with Crippen LogP contribution in [0.1, 0.15) is 25.7 Å². The first-order valence-electron chi connectivity index (χ1n) is 8.84. The Morgan fingerprint density at radius 3 is 2.81 bits per heavy atom. The standard InChI is InChI=1S/C19H22FN3O3/c20-15-7-5-14(6-8-15)17-9-10-19(25)23(22-17)11-1-4-18(24)21-13-16-3-2-12-26-16/h5-10,16H,1-4,11-13H2,(H,21,24). The Bertz CT molecular complexity index is 798. The van der Waals surface area contributed by atoms with Crippen molar-refractivity contribution < 1.29 is 13.9 Å². The minimum absolute atomic E-state index is 0.0526. The molecule has 26 heavy (non-hydrogen) atoms. The summed E-state index contributed by atoms with van der Waals surface area (Å²) in [6.45, 7) is 1.65. The lowest BCUT2D eigenvalue weighted by Crippen LogP contribution is -2.32. The van der Waals surface area contributed by atoms with Crippen LogP contribution in [0.15, 0.2) is 41.2 Å². The zero-order chi connectivity index (χ0) is 18.4. The van der Waals surface area contributed by atoms with Crippen LogP contribution in [-0.4, -0.2) is 34.9 Å². The van der Waals surface area contributed by atoms with Crippen LogP contribution in [0, 0.1) is 5.82 Å². The van der Waals surface area contributed by atoms with E-state index in [1.54, 1.807) is 18.2 Å². The van der Waals surface area contributed by atoms with Crippen LogP contribution in [0.5, 0.6) is 0 Å². The lowest BCUT2D eigenvalue weighted by atomic mass is 10.1. The summed E-state index contributed by atoms with van der Waals surface area (Å²) in [6.07, 6.45) is 2.98. The van der Waals surface area contributed by atoms with Crippen molar-refractivity contribution in [2.45, 2.75) is 38.3 Å². The Morgan fingerprint density at radius 2 is 2.08 bits per heavy atom. The first-order valence-corrected chi connectivity index (χ1v) is 8.84. The molecule has 1 N–H and O–H groups in total. The van der Waals surface area contributed by atoms with E-state index in [0.29, 0.717) is 31.6 Å². The Hall–Kier alpha value is -2.54. The molecule has 1 aromatic carbocycles. The summed E-state index contributed by atoms with van der Waals surface area (Å²) in [5.74, 6) is -0.376. The van der Waals surface area contributed by atoms with E-state index in [4.69, 9.17) is 4.74 Å². The SMILES string of the molecule is O=C(CCCn1nc(-c2ccc(F)cc2)ccc1=O)NCC1CCCO1. The molecule has 0 saturated carbocycles. The van der Waals surface area contributed by atoms with E-state index in [2.05, 4.69) is 10.4 Å². The molecule has 2 aromatic rings. The maximum atomic E-state index is 13.0. The Balaban J connectivity index is 1.52. The van der Waals surface area contributed by atoms with E-state index in [0.717, 1.165) is 25.0 Å². The number of hydrogen-bond acceptors (Lipinski definition) is 4. The fraction of sp³-hybridized carbons (Fsp3) is 0.421. The number of aromatic nitrogens is 2. The average Bonchev–Trinajstić information content (AvgIpc) is 3.16. The Labute approximate surface area is 151 Å². The zero-order valence-electron chi connectivity index (χ0n) is 14.5. The van der Waals surface area contributed by atoms with Gasteiger partial charge in [-0.3, -0.25) is 9.59 Å². The molecule has 0 spiro atoms. The van der Waals surface area contributed by atoms with Crippen LogP contribution < -0.4 is 10.9 Å². The third kappa shape index (κ3) is 4.98. The summed E-state index contributed by atoms with van der Waals surface area (Å²) >= 11 is 0. The predicted molar refractivity (Wildman–Crippen MR) is 95.1 cm³/mol. The highest BCUT2D eigenvalue weighted by molar-refractivity contribution is 5.75. The second kappa shape index (κ2) is 8.71. The average molecular weight is 359 g/mol. The highest BCUT2D eigenvalue weighted by Crippen LogP contribution is 2.15. The van der Waals surface area contributed by atoms with Gasteiger partial charge in [0.15, 0.2) is 0 Å². The van der Waals surface area contributed by atoms with Crippen molar-refractivity contribution >= 4 is 5.91 Å². The van der Waals surface area contributed by atoms with Crippen LogP contribution in [-0.2, 0) is 16.1 Å². The first-order chi connectivity index (χ1) is 12.6. The molecule has 138 valence electrons. The highest BCUT2D eigenvalue weighted by Gasteiger charge is 2.16. The fourth-order valence-corrected chi connectivity index (χ4v) is 2.89. The molecule has 1 aliphatic rings. The second-order valence-electron chi connectivity index (χ2n) is 6.33. The summed E-state index contributed by atoms with van der Waals surface area (Å²) in [5, 5.41) is 7.17. The van der Waals surface area contributed by atoms with E-state index >= 15 is 0 Å². The zero-order valence-corrected chi connectivity index (χ0v) is 14.5. The largest absolute Gasteiger partial charge is 0.376 e. The number of amides is 1. The number of rotatable bonds is 7. The molecular weight excluding hydrogens is 337 g/mol. The molecule has 1 fully saturated rings. The maximum absolute atomic E-state index is 13.0. The van der Waals surface area contributed by atoms with E-state index in [-0.39, 0.29) is 23.4 Å². The highest BCUT2D eigenvalue weighted by atomic mass is 19.1. The molecule has 0 radical (unpaired) electrons. The van der Waals surface area contributed by atoms with Crippen molar-refractivity contribution in [1.29, 1.82) is 0 Å². The quantitative estimate of drug-likeness (QED) is 0.822. The number of nitrogens with zero attached hydrogens (tertiary/aromatic N) is 2. The molecule has 7 heteroatoms. The van der Waals surface area contributed by atoms with Gasteiger partial charge in [-0.15, -0.1) is 0 Å². The smallest absolute Gasteiger partial charge is 0.266 e. The van der Waals surface area contributed by atoms with Crippen LogP contribution in [0.25, 0.3) is 11.3 Å². The number of aryl methyl sites for hydroxylation is 1. The number of benzene rings is 1. The van der Waals surface area contributed by atoms with Crippen LogP contribution in [0.2, 0.25) is 0 Å². The van der Waals surface area contributed by atoms with Crippen molar-refractivity contribution in [1.82, 2.24) is 15.1 Å². The summed E-state index contributed by atoms with van der Waals surface area (Å²) in [7, 11) is 0. The van der Waals surface area contributed by atoms with Gasteiger partial charge in [0.05, 0.1) is 11.8 Å². The lowest BCUT2D eigenvalue weighted by molar-refractivity contribution is -0.121. The minimum atomic E-state index is -0.323. The second-order valence-corrected chi connectivity index (χ2v) is 6.33. The molecule has 2 heterocycles. The van der Waals surface area contributed by atoms with Crippen molar-refractivity contribution in [3.8, 4) is 11.3 Å². The minimum Gasteiger partial charge on any atom is -0.376 e. The molecule has 1 atom stereocenters. The number of carbonyl (C=O) groups is 1. The molecule has 1 unspecified atom stereocenters. The Kier molecular flexibility index (Phi) is 6.12. The third-order valence-corrected chi connectivity index (χ3v) is 4.33. The number of hydrogen-bond donors (Lipinski definition) is 1. The molecule has 3 rings (SSSR count). The molecule has 6 nitrogen and oxygen atoms in total. The van der Waals surface area contributed by atoms with Crippen LogP contribution >= 0.6 is 0 Å². The Morgan fingerprint density at radius 1 is 1.27 bits per heavy atom. The molecule has 1 saturated heterocycles. The van der Waals surface area contributed by atoms with Gasteiger partial charge in [-0.05, 0) is 49.6 Å². The summed E-state index contributed by atoms with van der Waals surface area (Å²) < 4.78 is 19.8. The van der Waals surface area contributed by atoms with Gasteiger partial charge in [0.1, 0.15) is 5.82 Å². The van der Waals surface area contributed by atoms with Crippen molar-refractivity contribution in [2.24, 2.45) is 0 Å². The molecular formula is C19H22FN3O3. The predicted octanol–water partition coefficient (Wildman–Crippen LogP) is 2.12. The lowest BCUT2D eigenvalue weighted by Gasteiger charge is -2.11. The van der Waals surface area contributed by atoms with Gasteiger partial charge in [-0.1, -0.05) is 0 Å². The molecule has 0 bridgehead atoms. The summed E-state index contributed by atoms with van der Waals surface area (Å²) in [4.78, 5) is 23.8. The number of nitrogens with one attached hydrogen (secondary N) is 1. The van der Waals surface area contributed by atoms with Crippen molar-refractivity contribution in [3.05, 3.63) is 52.6 Å². The molecule has 1 aliphatic heterocycles. The number of halogens is 1. The summed E-state index contributed by atoms with van der Waals surface area (Å²) in [5.41, 5.74) is 1.09. The van der Waals surface area contributed by atoms with Gasteiger partial charge in [0.25, 0.3) is 5.56 Å². The molecule has 1 amide bonds. The van der Waals surface area contributed by atoms with Crippen molar-refractivity contribution in [3.63, 3.8) is 0 Å². The van der Waals surface area contributed by atoms with E-state index in [1.807, 2.05) is 0 Å². The third-order valence-electron chi connectivity index (χ3n) is 4.33. The van der Waals surface area contributed by atoms with E-state index in [9.17, 15) is 14.0 Å². The van der Waals surface area contributed by atoms with Gasteiger partial charge in [-0.25, -0.2) is 9.07 Å².